The third kappa shape index (κ3) is 3.00. The highest BCUT2D eigenvalue weighted by Crippen LogP contribution is 2.35. The van der Waals surface area contributed by atoms with Gasteiger partial charge in [0.1, 0.15) is 0 Å². The van der Waals surface area contributed by atoms with Gasteiger partial charge in [-0.2, -0.15) is 0 Å². The predicted octanol–water partition coefficient (Wildman–Crippen LogP) is 3.73. The average molecular weight is 287 g/mol. The van der Waals surface area contributed by atoms with Crippen molar-refractivity contribution < 1.29 is 0 Å². The van der Waals surface area contributed by atoms with Crippen molar-refractivity contribution in [1.29, 1.82) is 0 Å². The largest absolute Gasteiger partial charge is 0.329 e. The van der Waals surface area contributed by atoms with Gasteiger partial charge in [0.2, 0.25) is 0 Å². The van der Waals surface area contributed by atoms with Crippen molar-refractivity contribution in [2.45, 2.75) is 25.8 Å². The summed E-state index contributed by atoms with van der Waals surface area (Å²) in [6, 6.07) is 5.78. The van der Waals surface area contributed by atoms with E-state index in [1.165, 1.54) is 12.8 Å². The van der Waals surface area contributed by atoms with Gasteiger partial charge in [-0.15, -0.1) is 0 Å². The zero-order valence-corrected chi connectivity index (χ0v) is 12.2. The highest BCUT2D eigenvalue weighted by Gasteiger charge is 2.27. The van der Waals surface area contributed by atoms with Gasteiger partial charge in [0.05, 0.1) is 0 Å². The molecule has 0 saturated carbocycles. The van der Waals surface area contributed by atoms with E-state index >= 15 is 0 Å². The maximum atomic E-state index is 6.29. The van der Waals surface area contributed by atoms with Crippen molar-refractivity contribution in [1.82, 2.24) is 4.90 Å². The number of hydrogen-bond acceptors (Lipinski definition) is 2. The molecule has 2 unspecified atom stereocenters. The Bertz CT molecular complexity index is 389. The molecule has 0 aromatic heterocycles. The number of nitrogens with two attached hydrogens (primary N) is 1. The lowest BCUT2D eigenvalue weighted by Crippen LogP contribution is -2.40. The smallest absolute Gasteiger partial charge is 0.0500 e. The predicted molar refractivity (Wildman–Crippen MR) is 78.2 cm³/mol. The summed E-state index contributed by atoms with van der Waals surface area (Å²) >= 11 is 12.6. The van der Waals surface area contributed by atoms with Crippen LogP contribution in [0.1, 0.15) is 31.4 Å². The van der Waals surface area contributed by atoms with Gasteiger partial charge in [0, 0.05) is 34.7 Å². The van der Waals surface area contributed by atoms with Crippen molar-refractivity contribution in [3.63, 3.8) is 0 Å². The van der Waals surface area contributed by atoms with Crippen LogP contribution < -0.4 is 5.73 Å². The summed E-state index contributed by atoms with van der Waals surface area (Å²) < 4.78 is 0. The molecule has 0 spiro atoms. The van der Waals surface area contributed by atoms with E-state index in [2.05, 4.69) is 11.8 Å². The van der Waals surface area contributed by atoms with Crippen molar-refractivity contribution in [2.24, 2.45) is 11.7 Å². The number of piperidine rings is 1. The van der Waals surface area contributed by atoms with Gasteiger partial charge in [-0.05, 0) is 37.4 Å². The van der Waals surface area contributed by atoms with Crippen LogP contribution in [0.15, 0.2) is 18.2 Å². The monoisotopic (exact) mass is 286 g/mol. The Balaban J connectivity index is 2.27. The average Bonchev–Trinajstić information content (AvgIpc) is 2.34. The van der Waals surface area contributed by atoms with E-state index in [1.807, 2.05) is 18.2 Å². The zero-order chi connectivity index (χ0) is 13.1. The van der Waals surface area contributed by atoms with E-state index in [1.54, 1.807) is 0 Å². The van der Waals surface area contributed by atoms with Crippen molar-refractivity contribution in [3.05, 3.63) is 33.8 Å². The first-order valence-electron chi connectivity index (χ1n) is 6.51. The molecule has 4 heteroatoms. The van der Waals surface area contributed by atoms with Crippen LogP contribution in [0.25, 0.3) is 0 Å². The number of likely N-dealkylation sites (tertiary alicyclic amines) is 1. The number of nitrogens with zero attached hydrogens (tertiary/aromatic N) is 1. The van der Waals surface area contributed by atoms with E-state index in [-0.39, 0.29) is 6.04 Å². The van der Waals surface area contributed by atoms with E-state index in [0.717, 1.165) is 28.7 Å². The molecule has 0 bridgehead atoms. The molecule has 1 aromatic rings. The lowest BCUT2D eigenvalue weighted by atomic mass is 9.96. The third-order valence-corrected chi connectivity index (χ3v) is 4.34. The second kappa shape index (κ2) is 6.25. The Morgan fingerprint density at radius 2 is 2.06 bits per heavy atom. The topological polar surface area (TPSA) is 29.3 Å². The summed E-state index contributed by atoms with van der Waals surface area (Å²) in [6.07, 6.45) is 2.52. The van der Waals surface area contributed by atoms with Crippen LogP contribution in [-0.4, -0.2) is 24.5 Å². The van der Waals surface area contributed by atoms with Gasteiger partial charge < -0.3 is 5.73 Å². The van der Waals surface area contributed by atoms with Gasteiger partial charge in [0.25, 0.3) is 0 Å². The molecule has 1 aliphatic heterocycles. The van der Waals surface area contributed by atoms with Crippen LogP contribution in [0.5, 0.6) is 0 Å². The Morgan fingerprint density at radius 1 is 1.39 bits per heavy atom. The molecule has 1 heterocycles. The molecule has 0 radical (unpaired) electrons. The Morgan fingerprint density at radius 3 is 2.61 bits per heavy atom. The Kier molecular flexibility index (Phi) is 4.91. The highest BCUT2D eigenvalue weighted by atomic mass is 35.5. The Labute approximate surface area is 119 Å². The van der Waals surface area contributed by atoms with Crippen LogP contribution in [0, 0.1) is 5.92 Å². The van der Waals surface area contributed by atoms with Gasteiger partial charge in [-0.25, -0.2) is 0 Å². The fraction of sp³-hybridized carbons (Fsp3) is 0.571. The molecular formula is C14H20Cl2N2. The molecule has 0 aliphatic carbocycles. The summed E-state index contributed by atoms with van der Waals surface area (Å²) in [4.78, 5) is 2.42. The maximum Gasteiger partial charge on any atom is 0.0500 e. The lowest BCUT2D eigenvalue weighted by molar-refractivity contribution is 0.133. The minimum atomic E-state index is 0.133. The minimum Gasteiger partial charge on any atom is -0.329 e. The number of rotatable bonds is 3. The summed E-state index contributed by atoms with van der Waals surface area (Å²) in [5.74, 6) is 0.717. The van der Waals surface area contributed by atoms with E-state index < -0.39 is 0 Å². The second-order valence-corrected chi connectivity index (χ2v) is 5.94. The van der Waals surface area contributed by atoms with Gasteiger partial charge >= 0.3 is 0 Å². The standard InChI is InChI=1S/C14H20Cl2N2/c1-10-4-3-7-18(9-10)13(8-17)14-11(15)5-2-6-12(14)16/h2,5-6,10,13H,3-4,7-9,17H2,1H3. The molecule has 1 aliphatic rings. The summed E-state index contributed by atoms with van der Waals surface area (Å²) in [6.45, 7) is 4.99. The van der Waals surface area contributed by atoms with Crippen LogP contribution in [-0.2, 0) is 0 Å². The third-order valence-electron chi connectivity index (χ3n) is 3.69. The van der Waals surface area contributed by atoms with Crippen molar-refractivity contribution in [2.75, 3.05) is 19.6 Å². The van der Waals surface area contributed by atoms with E-state index in [0.29, 0.717) is 12.5 Å². The SMILES string of the molecule is CC1CCCN(C(CN)c2c(Cl)cccc2Cl)C1. The molecule has 100 valence electrons. The van der Waals surface area contributed by atoms with Gasteiger partial charge in [-0.1, -0.05) is 36.2 Å². The zero-order valence-electron chi connectivity index (χ0n) is 10.7. The molecule has 0 amide bonds. The van der Waals surface area contributed by atoms with Crippen molar-refractivity contribution >= 4 is 23.2 Å². The molecular weight excluding hydrogens is 267 g/mol. The summed E-state index contributed by atoms with van der Waals surface area (Å²) in [5, 5.41) is 1.44. The number of halogens is 2. The molecule has 2 nitrogen and oxygen atoms in total. The Hall–Kier alpha value is -0.280. The molecule has 1 saturated heterocycles. The fourth-order valence-corrected chi connectivity index (χ4v) is 3.44. The first-order valence-corrected chi connectivity index (χ1v) is 7.27. The second-order valence-electron chi connectivity index (χ2n) is 5.13. The molecule has 1 fully saturated rings. The first kappa shape index (κ1) is 14.1. The van der Waals surface area contributed by atoms with Crippen LogP contribution >= 0.6 is 23.2 Å². The number of benzene rings is 1. The van der Waals surface area contributed by atoms with Crippen molar-refractivity contribution in [3.8, 4) is 0 Å². The fourth-order valence-electron chi connectivity index (χ4n) is 2.79. The lowest BCUT2D eigenvalue weighted by Gasteiger charge is -2.37. The normalized spacial score (nSPS) is 23.0. The molecule has 1 aromatic carbocycles. The van der Waals surface area contributed by atoms with Crippen LogP contribution in [0.3, 0.4) is 0 Å². The highest BCUT2D eigenvalue weighted by molar-refractivity contribution is 6.36. The first-order chi connectivity index (χ1) is 8.63. The molecule has 2 rings (SSSR count). The van der Waals surface area contributed by atoms with Gasteiger partial charge in [-0.3, -0.25) is 4.90 Å². The minimum absolute atomic E-state index is 0.133. The summed E-state index contributed by atoms with van der Waals surface area (Å²) in [7, 11) is 0. The summed E-state index contributed by atoms with van der Waals surface area (Å²) in [5.41, 5.74) is 6.94. The molecule has 2 N–H and O–H groups in total. The molecule has 18 heavy (non-hydrogen) atoms. The van der Waals surface area contributed by atoms with E-state index in [9.17, 15) is 0 Å². The number of hydrogen-bond donors (Lipinski definition) is 1. The van der Waals surface area contributed by atoms with Gasteiger partial charge in [0.15, 0.2) is 0 Å². The molecule has 2 atom stereocenters. The maximum absolute atomic E-state index is 6.29. The quantitative estimate of drug-likeness (QED) is 0.918. The van der Waals surface area contributed by atoms with E-state index in [4.69, 9.17) is 28.9 Å². The van der Waals surface area contributed by atoms with Crippen LogP contribution in [0.4, 0.5) is 0 Å². The van der Waals surface area contributed by atoms with Crippen LogP contribution in [0.2, 0.25) is 10.0 Å².